The predicted molar refractivity (Wildman–Crippen MR) is 345 cm³/mol. The molecule has 6 nitrogen and oxygen atoms in total. The van der Waals surface area contributed by atoms with E-state index < -0.39 is 0 Å². The number of rotatable bonds is 7. The molecule has 12 rings (SSSR count). The van der Waals surface area contributed by atoms with Gasteiger partial charge < -0.3 is 29.3 Å². The van der Waals surface area contributed by atoms with Crippen LogP contribution in [0.15, 0.2) is 200 Å². The van der Waals surface area contributed by atoms with E-state index in [0.29, 0.717) is 5.92 Å². The molecule has 6 aromatic carbocycles. The average molecular weight is 1030 g/mol. The van der Waals surface area contributed by atoms with Crippen LogP contribution in [0.1, 0.15) is 111 Å². The number of benzene rings is 6. The molecule has 0 amide bonds. The first-order valence-corrected chi connectivity index (χ1v) is 28.1. The summed E-state index contributed by atoms with van der Waals surface area (Å²) in [5, 5.41) is 8.18. The zero-order valence-electron chi connectivity index (χ0n) is 48.8. The fourth-order valence-electron chi connectivity index (χ4n) is 10.1. The third-order valence-corrected chi connectivity index (χ3v) is 13.5. The number of hydrogen-bond acceptors (Lipinski definition) is 3. The molecular weight excluding hydrogens is 937 g/mol. The van der Waals surface area contributed by atoms with Gasteiger partial charge in [0.25, 0.3) is 0 Å². The van der Waals surface area contributed by atoms with E-state index in [2.05, 4.69) is 241 Å². The molecule has 1 fully saturated rings. The van der Waals surface area contributed by atoms with Crippen molar-refractivity contribution in [3.05, 3.63) is 217 Å². The molecule has 3 aliphatic carbocycles. The van der Waals surface area contributed by atoms with E-state index in [4.69, 9.17) is 5.73 Å². The SMILES string of the molecule is C/C=C(\C=C(\c1ccccc1)N(C)Cc1ccccc1)n1c2c(c3ccccc31)C=CCC2.C/C=C\N.C=CC.CC.CC.CC=NC.CCC.Cn1c2cccc3ccc4c(c32)c1cc1ccn(C2=CC=CC3CC23)c14. The highest BCUT2D eigenvalue weighted by Crippen LogP contribution is 2.51. The first kappa shape index (κ1) is 60.0. The van der Waals surface area contributed by atoms with Crippen LogP contribution in [-0.2, 0) is 20.0 Å². The predicted octanol–water partition coefficient (Wildman–Crippen LogP) is 19.4. The van der Waals surface area contributed by atoms with Gasteiger partial charge in [-0.1, -0.05) is 194 Å². The van der Waals surface area contributed by atoms with Crippen molar-refractivity contribution < 1.29 is 0 Å². The van der Waals surface area contributed by atoms with Crippen molar-refractivity contribution in [2.24, 2.45) is 29.6 Å². The van der Waals surface area contributed by atoms with Crippen LogP contribution in [0.5, 0.6) is 0 Å². The van der Waals surface area contributed by atoms with Gasteiger partial charge >= 0.3 is 0 Å². The number of hydrogen-bond donors (Lipinski definition) is 1. The molecule has 0 bridgehead atoms. The minimum absolute atomic E-state index is 0.703. The summed E-state index contributed by atoms with van der Waals surface area (Å²) in [7, 11) is 6.13. The van der Waals surface area contributed by atoms with E-state index in [-0.39, 0.29) is 0 Å². The average Bonchev–Trinajstić information content (AvgIpc) is 4.07. The largest absolute Gasteiger partial charge is 0.405 e. The molecule has 0 aliphatic heterocycles. The van der Waals surface area contributed by atoms with Crippen molar-refractivity contribution in [1.82, 2.24) is 18.6 Å². The third kappa shape index (κ3) is 14.0. The Morgan fingerprint density at radius 3 is 2.06 bits per heavy atom. The Hall–Kier alpha value is -7.83. The van der Waals surface area contributed by atoms with Gasteiger partial charge in [-0.15, -0.1) is 6.58 Å². The standard InChI is InChI=1S/C31H30N2.C24H18N2.2C3H7N.C3H8.C3H6.2C2H6/c1-3-26(33-29-20-12-10-18-27(29)28-19-11-13-21-30(28)33)22-31(25-16-8-5-9-17-25)32(2)23-24-14-6-4-7-15-24;1-25-20-7-2-4-14-8-9-17-23(22(14)20)21(25)13-16-10-11-26(24(16)17)19-6-3-5-15-12-18(15)19;1-3-4-2;1-2-3-4;2*1-3-2;2*1-2/h3-12,14-20,22H,13,21,23H2,1-2H3;2-11,13,15,18H,12H2,1H3;3H,1-2H3;2-3H,4H2,1H3;3H2,1-2H3;3H,1H2,2H3;2*1-2H3/b26-3+,31-22-;;;3-2-;;;;. The van der Waals surface area contributed by atoms with Crippen molar-refractivity contribution >= 4 is 83.8 Å². The molecule has 0 radical (unpaired) electrons. The van der Waals surface area contributed by atoms with Crippen molar-refractivity contribution in [3.63, 3.8) is 0 Å². The lowest BCUT2D eigenvalue weighted by atomic mass is 10.00. The maximum atomic E-state index is 4.85. The van der Waals surface area contributed by atoms with Gasteiger partial charge in [-0.3, -0.25) is 0 Å². The van der Waals surface area contributed by atoms with Crippen LogP contribution in [0.25, 0.3) is 77.6 Å². The summed E-state index contributed by atoms with van der Waals surface area (Å²) in [6.45, 7) is 24.3. The highest BCUT2D eigenvalue weighted by atomic mass is 15.1. The third-order valence-electron chi connectivity index (χ3n) is 13.5. The maximum absolute atomic E-state index is 4.85. The van der Waals surface area contributed by atoms with Gasteiger partial charge in [0, 0.05) is 101 Å². The molecule has 3 aromatic heterocycles. The van der Waals surface area contributed by atoms with Crippen molar-refractivity contribution in [1.29, 1.82) is 0 Å². The minimum Gasteiger partial charge on any atom is -0.405 e. The molecular formula is C71H88N6. The van der Waals surface area contributed by atoms with Gasteiger partial charge in [-0.05, 0) is 118 Å². The van der Waals surface area contributed by atoms with Crippen LogP contribution < -0.4 is 5.73 Å². The number of para-hydroxylation sites is 1. The van der Waals surface area contributed by atoms with Gasteiger partial charge in [0.05, 0.1) is 16.6 Å². The van der Waals surface area contributed by atoms with Crippen LogP contribution in [0.2, 0.25) is 0 Å². The van der Waals surface area contributed by atoms with Crippen LogP contribution in [0, 0.1) is 11.8 Å². The lowest BCUT2D eigenvalue weighted by molar-refractivity contribution is 0.475. The smallest absolute Gasteiger partial charge is 0.0605 e. The summed E-state index contributed by atoms with van der Waals surface area (Å²) in [6, 6.07) is 46.1. The van der Waals surface area contributed by atoms with Crippen molar-refractivity contribution in [3.8, 4) is 0 Å². The number of aryl methyl sites for hydroxylation is 1. The van der Waals surface area contributed by atoms with E-state index in [0.717, 1.165) is 25.3 Å². The second-order valence-corrected chi connectivity index (χ2v) is 18.7. The Morgan fingerprint density at radius 1 is 0.779 bits per heavy atom. The number of aliphatic imine (C=N–C) groups is 1. The molecule has 3 heterocycles. The number of aromatic nitrogens is 3. The molecule has 0 spiro atoms. The molecule has 3 aliphatic rings. The quantitative estimate of drug-likeness (QED) is 0.0748. The summed E-state index contributed by atoms with van der Waals surface area (Å²) < 4.78 is 7.27. The van der Waals surface area contributed by atoms with E-state index >= 15 is 0 Å². The van der Waals surface area contributed by atoms with Gasteiger partial charge in [0.15, 0.2) is 0 Å². The molecule has 402 valence electrons. The van der Waals surface area contributed by atoms with Gasteiger partial charge in [-0.25, -0.2) is 0 Å². The lowest BCUT2D eigenvalue weighted by Crippen LogP contribution is -2.17. The second-order valence-electron chi connectivity index (χ2n) is 18.7. The summed E-state index contributed by atoms with van der Waals surface area (Å²) >= 11 is 0. The topological polar surface area (TPSA) is 56.4 Å². The van der Waals surface area contributed by atoms with Crippen LogP contribution in [0.4, 0.5) is 0 Å². The monoisotopic (exact) mass is 1020 g/mol. The summed E-state index contributed by atoms with van der Waals surface area (Å²) in [4.78, 5) is 5.96. The Labute approximate surface area is 462 Å². The van der Waals surface area contributed by atoms with E-state index in [9.17, 15) is 0 Å². The Balaban J connectivity index is 0.000000220. The fourth-order valence-corrected chi connectivity index (χ4v) is 10.1. The first-order valence-electron chi connectivity index (χ1n) is 28.1. The van der Waals surface area contributed by atoms with Crippen molar-refractivity contribution in [2.45, 2.75) is 101 Å². The lowest BCUT2D eigenvalue weighted by Gasteiger charge is -2.25. The Bertz CT molecular complexity index is 3440. The maximum Gasteiger partial charge on any atom is 0.0605 e. The highest BCUT2D eigenvalue weighted by Gasteiger charge is 2.40. The summed E-state index contributed by atoms with van der Waals surface area (Å²) in [6.07, 6.45) is 29.8. The zero-order valence-corrected chi connectivity index (χ0v) is 48.8. The van der Waals surface area contributed by atoms with Crippen molar-refractivity contribution in [2.75, 3.05) is 14.1 Å². The molecule has 77 heavy (non-hydrogen) atoms. The van der Waals surface area contributed by atoms with Gasteiger partial charge in [-0.2, -0.15) is 0 Å². The van der Waals surface area contributed by atoms with Crippen LogP contribution in [-0.4, -0.2) is 38.9 Å². The highest BCUT2D eigenvalue weighted by molar-refractivity contribution is 6.29. The number of nitrogens with two attached hydrogens (primary N) is 1. The normalized spacial score (nSPS) is 14.9. The van der Waals surface area contributed by atoms with Gasteiger partial charge in [0.1, 0.15) is 0 Å². The Kier molecular flexibility index (Phi) is 23.9. The number of allylic oxidation sites excluding steroid dienone is 10. The van der Waals surface area contributed by atoms with Gasteiger partial charge in [0.2, 0.25) is 0 Å². The summed E-state index contributed by atoms with van der Waals surface area (Å²) in [5.41, 5.74) is 19.3. The molecule has 2 unspecified atom stereocenters. The van der Waals surface area contributed by atoms with E-state index in [1.807, 2.05) is 48.5 Å². The molecule has 2 atom stereocenters. The van der Waals surface area contributed by atoms with E-state index in [1.54, 1.807) is 25.4 Å². The van der Waals surface area contributed by atoms with Crippen LogP contribution >= 0.6 is 0 Å². The molecule has 6 heteroatoms. The number of fused-ring (bicyclic) bond motifs is 6. The molecule has 2 N–H and O–H groups in total. The molecule has 9 aromatic rings. The zero-order chi connectivity index (χ0) is 55.9. The minimum atomic E-state index is 0.703. The van der Waals surface area contributed by atoms with E-state index in [1.165, 1.54) is 113 Å². The summed E-state index contributed by atoms with van der Waals surface area (Å²) in [5.74, 6) is 1.46. The first-order chi connectivity index (χ1) is 37.7. The second kappa shape index (κ2) is 30.7. The molecule has 0 saturated heterocycles. The fraction of sp³-hybridized carbons (Fsp3) is 0.282. The van der Waals surface area contributed by atoms with Crippen LogP contribution in [0.3, 0.4) is 0 Å². The Morgan fingerprint density at radius 2 is 1.42 bits per heavy atom. The number of nitrogens with zero attached hydrogens (tertiary/aromatic N) is 5. The molecule has 1 saturated carbocycles.